The maximum absolute atomic E-state index is 14.4. The van der Waals surface area contributed by atoms with Crippen molar-refractivity contribution in [3.8, 4) is 0 Å². The highest BCUT2D eigenvalue weighted by Gasteiger charge is 2.52. The van der Waals surface area contributed by atoms with Crippen molar-refractivity contribution in [2.75, 3.05) is 0 Å². The molecule has 2 unspecified atom stereocenters. The van der Waals surface area contributed by atoms with E-state index < -0.39 is 60.9 Å². The molecule has 13 heteroatoms. The number of alkyl halides is 6. The summed E-state index contributed by atoms with van der Waals surface area (Å²) in [6.07, 6.45) is -9.69. The van der Waals surface area contributed by atoms with Gasteiger partial charge >= 0.3 is 12.4 Å². The fourth-order valence-corrected chi connectivity index (χ4v) is 8.01. The molecule has 2 aliphatic heterocycles. The second-order valence-electron chi connectivity index (χ2n) is 13.2. The van der Waals surface area contributed by atoms with E-state index in [9.17, 15) is 45.5 Å². The number of hydrogen-bond acceptors (Lipinski definition) is 4. The topological polar surface area (TPSA) is 79.1 Å². The number of carbonyl (C=O) groups excluding carboxylic acids is 4. The van der Waals surface area contributed by atoms with E-state index in [0.29, 0.717) is 44.8 Å². The number of imide groups is 2. The van der Waals surface area contributed by atoms with Crippen LogP contribution in [0.3, 0.4) is 0 Å². The average molecular weight is 706 g/mol. The van der Waals surface area contributed by atoms with Crippen LogP contribution in [0.5, 0.6) is 0 Å². The number of aryl methyl sites for hydroxylation is 1. The van der Waals surface area contributed by atoms with E-state index in [2.05, 4.69) is 4.85 Å². The molecule has 0 bridgehead atoms. The van der Waals surface area contributed by atoms with Gasteiger partial charge in [-0.05, 0) is 81.9 Å². The van der Waals surface area contributed by atoms with Crippen LogP contribution in [-0.4, -0.2) is 57.9 Å². The molecule has 2 atom stereocenters. The zero-order valence-corrected chi connectivity index (χ0v) is 27.6. The van der Waals surface area contributed by atoms with Gasteiger partial charge in [-0.15, -0.1) is 0 Å². The molecule has 0 fully saturated rings. The molecule has 0 aliphatic carbocycles. The molecule has 4 amide bonds. The fraction of sp³-hybridized carbons (Fsp3) is 0.342. The van der Waals surface area contributed by atoms with Crippen molar-refractivity contribution in [2.45, 2.75) is 83.7 Å². The highest BCUT2D eigenvalue weighted by molar-refractivity contribution is 6.43. The summed E-state index contributed by atoms with van der Waals surface area (Å²) >= 11 is 0. The number of amides is 4. The van der Waals surface area contributed by atoms with Crippen LogP contribution in [0.15, 0.2) is 36.4 Å². The summed E-state index contributed by atoms with van der Waals surface area (Å²) in [4.78, 5) is 59.8. The van der Waals surface area contributed by atoms with Gasteiger partial charge in [0.2, 0.25) is 0 Å². The summed E-state index contributed by atoms with van der Waals surface area (Å²) in [6.45, 7) is 13.1. The van der Waals surface area contributed by atoms with Crippen LogP contribution in [0.25, 0.3) is 47.9 Å². The van der Waals surface area contributed by atoms with Crippen molar-refractivity contribution in [2.24, 2.45) is 0 Å². The zero-order chi connectivity index (χ0) is 36.9. The maximum Gasteiger partial charge on any atom is 0.409 e. The Labute approximate surface area is 286 Å². The zero-order valence-electron chi connectivity index (χ0n) is 27.6. The first-order valence-corrected chi connectivity index (χ1v) is 16.6. The average Bonchev–Trinajstić information content (AvgIpc) is 3.07. The summed E-state index contributed by atoms with van der Waals surface area (Å²) < 4.78 is 86.1. The number of rotatable bonds is 8. The minimum absolute atomic E-state index is 0.0817. The normalized spacial score (nSPS) is 16.3. The van der Waals surface area contributed by atoms with Crippen molar-refractivity contribution in [3.05, 3.63) is 75.6 Å². The Morgan fingerprint density at radius 2 is 1.02 bits per heavy atom. The van der Waals surface area contributed by atoms with Gasteiger partial charge in [0.25, 0.3) is 23.6 Å². The lowest BCUT2D eigenvalue weighted by Crippen LogP contribution is -2.53. The number of nitrogens with zero attached hydrogens (tertiary/aromatic N) is 3. The van der Waals surface area contributed by atoms with Gasteiger partial charge in [0.15, 0.2) is 5.69 Å². The molecule has 5 aromatic carbocycles. The molecule has 0 aromatic heterocycles. The largest absolute Gasteiger partial charge is 0.409 e. The predicted octanol–water partition coefficient (Wildman–Crippen LogP) is 10.0. The lowest BCUT2D eigenvalue weighted by atomic mass is 9.80. The standard InChI is InChI=1S/C38H29F6N3O4/c1-5-7-9-25(37(39,40)41)46-33(48)20-14-12-19-30-24(45-4)16-23-29-21(34(49)47(36(23)51)26(10-8-6-2)38(42,43)44)13-11-18(32(29)30)27-17(3)15-22(35(46)50)28(20)31(19)27/h11-16,25-26H,5-10H2,1-3H3. The van der Waals surface area contributed by atoms with Crippen molar-refractivity contribution in [1.82, 2.24) is 9.80 Å². The first-order valence-electron chi connectivity index (χ1n) is 16.6. The Bertz CT molecular complexity index is 2410. The summed E-state index contributed by atoms with van der Waals surface area (Å²) in [6, 6.07) is 3.47. The maximum atomic E-state index is 14.4. The Kier molecular flexibility index (Phi) is 7.81. The van der Waals surface area contributed by atoms with Crippen LogP contribution >= 0.6 is 0 Å². The summed E-state index contributed by atoms with van der Waals surface area (Å²) in [7, 11) is 0. The van der Waals surface area contributed by atoms with Gasteiger partial charge in [-0.3, -0.25) is 29.0 Å². The molecule has 7 rings (SSSR count). The molecular weight excluding hydrogens is 676 g/mol. The summed E-state index contributed by atoms with van der Waals surface area (Å²) in [5, 5.41) is 2.25. The summed E-state index contributed by atoms with van der Waals surface area (Å²) in [5.74, 6) is -4.50. The molecule has 0 N–H and O–H groups in total. The van der Waals surface area contributed by atoms with Crippen LogP contribution < -0.4 is 0 Å². The van der Waals surface area contributed by atoms with E-state index in [0.717, 1.165) is 0 Å². The lowest BCUT2D eigenvalue weighted by molar-refractivity contribution is -0.173. The third kappa shape index (κ3) is 4.78. The van der Waals surface area contributed by atoms with Crippen LogP contribution in [-0.2, 0) is 0 Å². The minimum atomic E-state index is -4.91. The van der Waals surface area contributed by atoms with Crippen LogP contribution in [0.2, 0.25) is 0 Å². The third-order valence-electron chi connectivity index (χ3n) is 10.2. The predicted molar refractivity (Wildman–Crippen MR) is 178 cm³/mol. The van der Waals surface area contributed by atoms with Gasteiger partial charge in [-0.25, -0.2) is 4.85 Å². The van der Waals surface area contributed by atoms with E-state index in [1.807, 2.05) is 0 Å². The van der Waals surface area contributed by atoms with E-state index in [-0.39, 0.29) is 67.2 Å². The highest BCUT2D eigenvalue weighted by Crippen LogP contribution is 2.51. The quantitative estimate of drug-likeness (QED) is 0.0529. The number of fused-ring (bicyclic) bond motifs is 2. The van der Waals surface area contributed by atoms with Crippen LogP contribution in [0.4, 0.5) is 32.0 Å². The smallest absolute Gasteiger partial charge is 0.269 e. The number of carbonyl (C=O) groups is 4. The van der Waals surface area contributed by atoms with Gasteiger partial charge in [0.05, 0.1) is 6.57 Å². The molecule has 0 radical (unpaired) electrons. The van der Waals surface area contributed by atoms with E-state index in [1.54, 1.807) is 20.8 Å². The molecule has 0 spiro atoms. The van der Waals surface area contributed by atoms with Crippen molar-refractivity contribution in [1.29, 1.82) is 0 Å². The molecule has 0 saturated carbocycles. The molecule has 0 saturated heterocycles. The monoisotopic (exact) mass is 705 g/mol. The van der Waals surface area contributed by atoms with E-state index >= 15 is 0 Å². The highest BCUT2D eigenvalue weighted by atomic mass is 19.4. The number of halogens is 6. The molecule has 51 heavy (non-hydrogen) atoms. The minimum Gasteiger partial charge on any atom is -0.269 e. The number of unbranched alkanes of at least 4 members (excludes halogenated alkanes) is 2. The molecule has 2 heterocycles. The summed E-state index contributed by atoms with van der Waals surface area (Å²) in [5.41, 5.74) is -0.312. The Morgan fingerprint density at radius 1 is 0.608 bits per heavy atom. The molecular formula is C38H29F6N3O4. The first-order chi connectivity index (χ1) is 24.1. The van der Waals surface area contributed by atoms with Gasteiger partial charge in [-0.1, -0.05) is 51.7 Å². The Hall–Kier alpha value is -5.25. The van der Waals surface area contributed by atoms with Gasteiger partial charge < -0.3 is 0 Å². The van der Waals surface area contributed by atoms with Crippen LogP contribution in [0.1, 0.15) is 99.4 Å². The second-order valence-corrected chi connectivity index (χ2v) is 13.2. The lowest BCUT2D eigenvalue weighted by Gasteiger charge is -2.36. The van der Waals surface area contributed by atoms with Gasteiger partial charge in [-0.2, -0.15) is 26.3 Å². The van der Waals surface area contributed by atoms with Crippen molar-refractivity contribution < 1.29 is 45.5 Å². The van der Waals surface area contributed by atoms with Gasteiger partial charge in [0, 0.05) is 33.0 Å². The van der Waals surface area contributed by atoms with E-state index in [4.69, 9.17) is 6.57 Å². The Balaban J connectivity index is 1.54. The second kappa shape index (κ2) is 11.6. The number of hydrogen-bond donors (Lipinski definition) is 0. The molecule has 2 aliphatic rings. The van der Waals surface area contributed by atoms with Gasteiger partial charge in [0.1, 0.15) is 12.1 Å². The third-order valence-corrected chi connectivity index (χ3v) is 10.2. The SMILES string of the molecule is [C-]#[N+]c1cc2c3c(ccc4c5c(C)cc6c7c(ccc(c1c34)c75)C(=O)N(C(CCCC)C(F)(F)F)C6=O)C(=O)N(C(CCCC)C(F)(F)F)C2=O. The van der Waals surface area contributed by atoms with Crippen LogP contribution in [0, 0.1) is 13.5 Å². The van der Waals surface area contributed by atoms with E-state index in [1.165, 1.54) is 36.4 Å². The number of benzene rings is 5. The molecule has 262 valence electrons. The van der Waals surface area contributed by atoms with Crippen molar-refractivity contribution in [3.63, 3.8) is 0 Å². The van der Waals surface area contributed by atoms with Crippen molar-refractivity contribution >= 4 is 72.4 Å². The Morgan fingerprint density at radius 3 is 1.45 bits per heavy atom. The molecule has 5 aromatic rings. The fourth-order valence-electron chi connectivity index (χ4n) is 8.01. The molecule has 7 nitrogen and oxygen atoms in total. The first kappa shape index (κ1) is 34.2.